The summed E-state index contributed by atoms with van der Waals surface area (Å²) in [6, 6.07) is 1.26. The summed E-state index contributed by atoms with van der Waals surface area (Å²) in [5, 5.41) is 0. The third-order valence-corrected chi connectivity index (χ3v) is 2.72. The van der Waals surface area contributed by atoms with E-state index in [1.807, 2.05) is 0 Å². The van der Waals surface area contributed by atoms with E-state index in [2.05, 4.69) is 9.72 Å². The lowest BCUT2D eigenvalue weighted by Gasteiger charge is -2.10. The van der Waals surface area contributed by atoms with Gasteiger partial charge in [0, 0.05) is 0 Å². The summed E-state index contributed by atoms with van der Waals surface area (Å²) in [5.74, 6) is -0.490. The number of esters is 1. The minimum absolute atomic E-state index is 0.103. The van der Waals surface area contributed by atoms with Gasteiger partial charge in [0.2, 0.25) is 0 Å². The summed E-state index contributed by atoms with van der Waals surface area (Å²) in [4.78, 5) is 14.8. The highest BCUT2D eigenvalue weighted by Gasteiger charge is 2.20. The predicted octanol–water partition coefficient (Wildman–Crippen LogP) is 1.92. The number of carbonyl (C=O) groups excluding carboxylic acids is 1. The van der Waals surface area contributed by atoms with Gasteiger partial charge in [-0.1, -0.05) is 0 Å². The third-order valence-electron chi connectivity index (χ3n) is 1.90. The van der Waals surface area contributed by atoms with E-state index in [0.29, 0.717) is 0 Å². The van der Waals surface area contributed by atoms with Crippen LogP contribution in [-0.4, -0.2) is 18.1 Å². The fourth-order valence-corrected chi connectivity index (χ4v) is 2.06. The average Bonchev–Trinajstić information content (AvgIpc) is 2.15. The number of anilines is 1. The van der Waals surface area contributed by atoms with E-state index in [1.165, 1.54) is 13.2 Å². The molecule has 0 saturated heterocycles. The molecule has 0 amide bonds. The van der Waals surface area contributed by atoms with Crippen LogP contribution in [-0.2, 0) is 16.0 Å². The zero-order chi connectivity index (χ0) is 12.3. The Bertz CT molecular complexity index is 413. The number of pyridine rings is 1. The second kappa shape index (κ2) is 5.37. The van der Waals surface area contributed by atoms with Crippen molar-refractivity contribution in [2.45, 2.75) is 12.8 Å². The number of hydrogen-bond acceptors (Lipinski definition) is 4. The minimum Gasteiger partial charge on any atom is -0.469 e. The molecule has 0 aliphatic carbocycles. The van der Waals surface area contributed by atoms with E-state index >= 15 is 0 Å². The summed E-state index contributed by atoms with van der Waals surface area (Å²) < 4.78 is 30.0. The molecule has 0 bridgehead atoms. The van der Waals surface area contributed by atoms with Crippen LogP contribution in [0.2, 0.25) is 0 Å². The van der Waals surface area contributed by atoms with E-state index in [-0.39, 0.29) is 27.1 Å². The number of nitrogens with zero attached hydrogens (tertiary/aromatic N) is 1. The van der Waals surface area contributed by atoms with Gasteiger partial charge < -0.3 is 10.5 Å². The average molecular weight is 342 g/mol. The van der Waals surface area contributed by atoms with E-state index in [1.54, 1.807) is 22.6 Å². The number of rotatable bonds is 3. The maximum absolute atomic E-state index is 12.7. The summed E-state index contributed by atoms with van der Waals surface area (Å²) in [5.41, 5.74) is 5.32. The lowest BCUT2D eigenvalue weighted by atomic mass is 10.1. The molecule has 0 aromatic carbocycles. The molecule has 0 aliphatic heterocycles. The second-order valence-corrected chi connectivity index (χ2v) is 3.99. The van der Waals surface area contributed by atoms with Gasteiger partial charge in [0.25, 0.3) is 6.43 Å². The molecule has 0 spiro atoms. The molecule has 0 atom stereocenters. The number of carbonyl (C=O) groups is 1. The maximum Gasteiger partial charge on any atom is 0.309 e. The molecule has 1 rings (SSSR count). The maximum atomic E-state index is 12.7. The van der Waals surface area contributed by atoms with E-state index in [9.17, 15) is 13.6 Å². The lowest BCUT2D eigenvalue weighted by molar-refractivity contribution is -0.139. The Balaban J connectivity index is 3.18. The predicted molar refractivity (Wildman–Crippen MR) is 62.0 cm³/mol. The zero-order valence-electron chi connectivity index (χ0n) is 8.34. The highest BCUT2D eigenvalue weighted by molar-refractivity contribution is 14.1. The number of nitrogens with two attached hydrogens (primary N) is 1. The van der Waals surface area contributed by atoms with Crippen molar-refractivity contribution in [1.82, 2.24) is 4.98 Å². The third kappa shape index (κ3) is 3.00. The number of halogens is 3. The number of ether oxygens (including phenoxy) is 1. The molecular formula is C9H9F2IN2O2. The van der Waals surface area contributed by atoms with Gasteiger partial charge in [-0.05, 0) is 34.2 Å². The van der Waals surface area contributed by atoms with Crippen LogP contribution < -0.4 is 5.73 Å². The fourth-order valence-electron chi connectivity index (χ4n) is 1.20. The summed E-state index contributed by atoms with van der Waals surface area (Å²) >= 11 is 1.66. The van der Waals surface area contributed by atoms with Gasteiger partial charge in [0.1, 0.15) is 9.52 Å². The summed E-state index contributed by atoms with van der Waals surface area (Å²) in [7, 11) is 1.19. The molecule has 0 fully saturated rings. The Kier molecular flexibility index (Phi) is 4.39. The number of methoxy groups -OCH3 is 1. The molecular weight excluding hydrogens is 333 g/mol. The minimum atomic E-state index is -2.69. The van der Waals surface area contributed by atoms with Crippen LogP contribution in [0.5, 0.6) is 0 Å². The molecule has 7 heteroatoms. The normalized spacial score (nSPS) is 10.6. The Morgan fingerprint density at radius 2 is 2.31 bits per heavy atom. The van der Waals surface area contributed by atoms with Gasteiger partial charge in [-0.2, -0.15) is 0 Å². The molecule has 0 unspecified atom stereocenters. The van der Waals surface area contributed by atoms with Crippen LogP contribution in [0.25, 0.3) is 0 Å². The SMILES string of the molecule is COC(=O)Cc1cc(N)nc(I)c1C(F)F. The molecule has 1 aromatic heterocycles. The van der Waals surface area contributed by atoms with Crippen molar-refractivity contribution >= 4 is 34.4 Å². The van der Waals surface area contributed by atoms with Crippen molar-refractivity contribution in [2.75, 3.05) is 12.8 Å². The Hall–Kier alpha value is -0.990. The molecule has 1 aromatic rings. The zero-order valence-corrected chi connectivity index (χ0v) is 10.5. The Morgan fingerprint density at radius 1 is 1.69 bits per heavy atom. The number of alkyl halides is 2. The molecule has 16 heavy (non-hydrogen) atoms. The molecule has 0 aliphatic rings. The van der Waals surface area contributed by atoms with Gasteiger partial charge in [-0.15, -0.1) is 0 Å². The first-order valence-electron chi connectivity index (χ1n) is 4.25. The van der Waals surface area contributed by atoms with Crippen molar-refractivity contribution in [2.24, 2.45) is 0 Å². The highest BCUT2D eigenvalue weighted by atomic mass is 127. The highest BCUT2D eigenvalue weighted by Crippen LogP contribution is 2.28. The molecule has 2 N–H and O–H groups in total. The van der Waals surface area contributed by atoms with Gasteiger partial charge in [-0.3, -0.25) is 4.79 Å². The first-order chi connectivity index (χ1) is 7.45. The summed E-state index contributed by atoms with van der Waals surface area (Å²) in [6.07, 6.45) is -2.93. The van der Waals surface area contributed by atoms with Crippen LogP contribution in [0.3, 0.4) is 0 Å². The monoisotopic (exact) mass is 342 g/mol. The lowest BCUT2D eigenvalue weighted by Crippen LogP contribution is -2.10. The number of aromatic nitrogens is 1. The second-order valence-electron chi connectivity index (χ2n) is 2.96. The van der Waals surface area contributed by atoms with Crippen molar-refractivity contribution in [3.05, 3.63) is 20.9 Å². The first kappa shape index (κ1) is 13.1. The van der Waals surface area contributed by atoms with Crippen LogP contribution in [0, 0.1) is 3.70 Å². The van der Waals surface area contributed by atoms with Crippen LogP contribution in [0.4, 0.5) is 14.6 Å². The van der Waals surface area contributed by atoms with Gasteiger partial charge in [0.15, 0.2) is 0 Å². The van der Waals surface area contributed by atoms with Crippen molar-refractivity contribution in [3.8, 4) is 0 Å². The number of hydrogen-bond donors (Lipinski definition) is 1. The fraction of sp³-hybridized carbons (Fsp3) is 0.333. The smallest absolute Gasteiger partial charge is 0.309 e. The van der Waals surface area contributed by atoms with Crippen molar-refractivity contribution in [3.63, 3.8) is 0 Å². The molecule has 88 valence electrons. The summed E-state index contributed by atoms with van der Waals surface area (Å²) in [6.45, 7) is 0. The van der Waals surface area contributed by atoms with E-state index in [4.69, 9.17) is 5.73 Å². The van der Waals surface area contributed by atoms with Crippen LogP contribution >= 0.6 is 22.6 Å². The molecule has 1 heterocycles. The van der Waals surface area contributed by atoms with Gasteiger partial charge >= 0.3 is 5.97 Å². The molecule has 0 saturated carbocycles. The molecule has 4 nitrogen and oxygen atoms in total. The van der Waals surface area contributed by atoms with Gasteiger partial charge in [0.05, 0.1) is 19.1 Å². The van der Waals surface area contributed by atoms with Crippen LogP contribution in [0.15, 0.2) is 6.07 Å². The van der Waals surface area contributed by atoms with Crippen LogP contribution in [0.1, 0.15) is 17.6 Å². The first-order valence-corrected chi connectivity index (χ1v) is 5.33. The molecule has 0 radical (unpaired) electrons. The quantitative estimate of drug-likeness (QED) is 0.518. The topological polar surface area (TPSA) is 65.2 Å². The number of nitrogen functional groups attached to an aromatic ring is 1. The van der Waals surface area contributed by atoms with E-state index in [0.717, 1.165) is 0 Å². The van der Waals surface area contributed by atoms with Crippen molar-refractivity contribution in [1.29, 1.82) is 0 Å². The Labute approximate surface area is 104 Å². The largest absolute Gasteiger partial charge is 0.469 e. The standard InChI is InChI=1S/C9H9F2IN2O2/c1-16-6(15)3-4-2-5(13)14-9(12)7(4)8(10)11/h2,8H,3H2,1H3,(H2,13,14). The van der Waals surface area contributed by atoms with Gasteiger partial charge in [-0.25, -0.2) is 13.8 Å². The Morgan fingerprint density at radius 3 is 2.81 bits per heavy atom. The van der Waals surface area contributed by atoms with Crippen molar-refractivity contribution < 1.29 is 18.3 Å². The van der Waals surface area contributed by atoms with E-state index < -0.39 is 12.4 Å².